The topological polar surface area (TPSA) is 66.4 Å². The number of hydrogen-bond acceptors (Lipinski definition) is 2. The third kappa shape index (κ3) is 6.25. The van der Waals surface area contributed by atoms with Gasteiger partial charge in [0.05, 0.1) is 5.56 Å². The molecule has 0 aliphatic heterocycles. The van der Waals surface area contributed by atoms with Crippen molar-refractivity contribution in [2.24, 2.45) is 11.8 Å². The predicted octanol–water partition coefficient (Wildman–Crippen LogP) is 3.46. The first-order valence-corrected chi connectivity index (χ1v) is 7.54. The number of benzene rings is 1. The summed E-state index contributed by atoms with van der Waals surface area (Å²) >= 11 is 3.20. The Balaban J connectivity index is 2.68. The third-order valence-electron chi connectivity index (χ3n) is 2.99. The Morgan fingerprint density at radius 2 is 2.05 bits per heavy atom. The normalized spacial score (nSPS) is 12.2. The molecule has 4 nitrogen and oxygen atoms in total. The van der Waals surface area contributed by atoms with E-state index >= 15 is 0 Å². The molecule has 1 aromatic carbocycles. The van der Waals surface area contributed by atoms with E-state index in [-0.39, 0.29) is 24.4 Å². The van der Waals surface area contributed by atoms with Crippen LogP contribution in [0.3, 0.4) is 0 Å². The number of rotatable bonds is 7. The Kier molecular flexibility index (Phi) is 6.81. The molecule has 1 aromatic rings. The summed E-state index contributed by atoms with van der Waals surface area (Å²) in [6.45, 7) is 4.26. The molecule has 0 aliphatic carbocycles. The van der Waals surface area contributed by atoms with E-state index in [4.69, 9.17) is 5.11 Å². The van der Waals surface area contributed by atoms with Crippen molar-refractivity contribution < 1.29 is 19.1 Å². The minimum absolute atomic E-state index is 0.00276. The summed E-state index contributed by atoms with van der Waals surface area (Å²) in [4.78, 5) is 22.9. The molecular formula is C15H19BrFNO3. The molecule has 1 amide bonds. The molecule has 21 heavy (non-hydrogen) atoms. The maximum absolute atomic E-state index is 13.2. The molecule has 116 valence electrons. The van der Waals surface area contributed by atoms with Crippen LogP contribution in [-0.2, 0) is 4.79 Å². The highest BCUT2D eigenvalue weighted by atomic mass is 79.9. The molecule has 1 rings (SSSR count). The van der Waals surface area contributed by atoms with E-state index in [1.807, 2.05) is 13.8 Å². The number of carboxylic acid groups (broad SMARTS) is 1. The highest BCUT2D eigenvalue weighted by Gasteiger charge is 2.17. The van der Waals surface area contributed by atoms with Crippen LogP contribution in [0.5, 0.6) is 0 Å². The molecule has 0 heterocycles. The second-order valence-corrected chi connectivity index (χ2v) is 6.28. The first-order chi connectivity index (χ1) is 9.79. The summed E-state index contributed by atoms with van der Waals surface area (Å²) in [5.74, 6) is -1.60. The lowest BCUT2D eigenvalue weighted by atomic mass is 9.94. The van der Waals surface area contributed by atoms with E-state index in [1.54, 1.807) is 0 Å². The van der Waals surface area contributed by atoms with Crippen LogP contribution in [0.2, 0.25) is 0 Å². The van der Waals surface area contributed by atoms with Crippen molar-refractivity contribution >= 4 is 27.8 Å². The van der Waals surface area contributed by atoms with Crippen molar-refractivity contribution in [2.45, 2.75) is 26.7 Å². The van der Waals surface area contributed by atoms with Crippen LogP contribution in [0, 0.1) is 17.7 Å². The first-order valence-electron chi connectivity index (χ1n) is 6.74. The largest absolute Gasteiger partial charge is 0.481 e. The van der Waals surface area contributed by atoms with E-state index < -0.39 is 17.7 Å². The lowest BCUT2D eigenvalue weighted by Crippen LogP contribution is -2.31. The van der Waals surface area contributed by atoms with Crippen molar-refractivity contribution in [3.63, 3.8) is 0 Å². The standard InChI is InChI=1S/C15H19BrFNO3/c1-9(2)5-10(6-14(19)20)8-18-15(21)12-7-11(17)3-4-13(12)16/h3-4,7,9-10H,5-6,8H2,1-2H3,(H,18,21)(H,19,20). The van der Waals surface area contributed by atoms with Crippen molar-refractivity contribution in [1.82, 2.24) is 5.32 Å². The van der Waals surface area contributed by atoms with Gasteiger partial charge in [0.1, 0.15) is 5.82 Å². The zero-order chi connectivity index (χ0) is 16.0. The van der Waals surface area contributed by atoms with Gasteiger partial charge in [0.25, 0.3) is 5.91 Å². The van der Waals surface area contributed by atoms with Crippen LogP contribution < -0.4 is 5.32 Å². The molecule has 0 radical (unpaired) electrons. The first kappa shape index (κ1) is 17.6. The van der Waals surface area contributed by atoms with Crippen molar-refractivity contribution in [3.8, 4) is 0 Å². The predicted molar refractivity (Wildman–Crippen MR) is 81.6 cm³/mol. The highest BCUT2D eigenvalue weighted by Crippen LogP contribution is 2.19. The minimum atomic E-state index is -0.887. The average Bonchev–Trinajstić information content (AvgIpc) is 2.37. The lowest BCUT2D eigenvalue weighted by Gasteiger charge is -2.18. The van der Waals surface area contributed by atoms with Gasteiger partial charge in [0, 0.05) is 17.4 Å². The molecule has 0 saturated heterocycles. The maximum atomic E-state index is 13.2. The zero-order valence-electron chi connectivity index (χ0n) is 12.0. The molecule has 2 N–H and O–H groups in total. The van der Waals surface area contributed by atoms with Gasteiger partial charge in [-0.3, -0.25) is 9.59 Å². The molecule has 1 unspecified atom stereocenters. The zero-order valence-corrected chi connectivity index (χ0v) is 13.6. The third-order valence-corrected chi connectivity index (χ3v) is 3.68. The molecular weight excluding hydrogens is 341 g/mol. The number of aliphatic carboxylic acids is 1. The Hall–Kier alpha value is -1.43. The molecule has 6 heteroatoms. The van der Waals surface area contributed by atoms with Gasteiger partial charge >= 0.3 is 5.97 Å². The number of halogens is 2. The van der Waals surface area contributed by atoms with Crippen molar-refractivity contribution in [2.75, 3.05) is 6.54 Å². The van der Waals surface area contributed by atoms with E-state index in [0.717, 1.165) is 6.07 Å². The number of carbonyl (C=O) groups is 2. The summed E-state index contributed by atoms with van der Waals surface area (Å²) in [6, 6.07) is 3.87. The minimum Gasteiger partial charge on any atom is -0.481 e. The smallest absolute Gasteiger partial charge is 0.303 e. The fraction of sp³-hybridized carbons (Fsp3) is 0.467. The van der Waals surface area contributed by atoms with Gasteiger partial charge in [-0.2, -0.15) is 0 Å². The molecule has 0 fully saturated rings. The monoisotopic (exact) mass is 359 g/mol. The van der Waals surface area contributed by atoms with Gasteiger partial charge in [0.15, 0.2) is 0 Å². The van der Waals surface area contributed by atoms with Crippen LogP contribution in [-0.4, -0.2) is 23.5 Å². The summed E-state index contributed by atoms with van der Waals surface area (Å²) in [5.41, 5.74) is 0.202. The van der Waals surface area contributed by atoms with Crippen molar-refractivity contribution in [1.29, 1.82) is 0 Å². The molecule has 0 spiro atoms. The van der Waals surface area contributed by atoms with Crippen LogP contribution in [0.25, 0.3) is 0 Å². The van der Waals surface area contributed by atoms with Gasteiger partial charge in [-0.05, 0) is 52.4 Å². The van der Waals surface area contributed by atoms with Gasteiger partial charge < -0.3 is 10.4 Å². The number of carbonyl (C=O) groups excluding carboxylic acids is 1. The van der Waals surface area contributed by atoms with Crippen LogP contribution >= 0.6 is 15.9 Å². The fourth-order valence-electron chi connectivity index (χ4n) is 2.16. The van der Waals surface area contributed by atoms with Gasteiger partial charge in [-0.25, -0.2) is 4.39 Å². The van der Waals surface area contributed by atoms with E-state index in [0.29, 0.717) is 16.8 Å². The van der Waals surface area contributed by atoms with Gasteiger partial charge in [-0.1, -0.05) is 13.8 Å². The van der Waals surface area contributed by atoms with E-state index in [9.17, 15) is 14.0 Å². The molecule has 0 aromatic heterocycles. The Bertz CT molecular complexity index is 520. The van der Waals surface area contributed by atoms with Gasteiger partial charge in [0.2, 0.25) is 0 Å². The van der Waals surface area contributed by atoms with Crippen LogP contribution in [0.4, 0.5) is 4.39 Å². The van der Waals surface area contributed by atoms with Gasteiger partial charge in [-0.15, -0.1) is 0 Å². The fourth-order valence-corrected chi connectivity index (χ4v) is 2.58. The maximum Gasteiger partial charge on any atom is 0.303 e. The Morgan fingerprint density at radius 1 is 1.38 bits per heavy atom. The quantitative estimate of drug-likeness (QED) is 0.783. The number of hydrogen-bond donors (Lipinski definition) is 2. The number of carboxylic acids is 1. The summed E-state index contributed by atoms with van der Waals surface area (Å²) in [6.07, 6.45) is 0.708. The summed E-state index contributed by atoms with van der Waals surface area (Å²) in [7, 11) is 0. The molecule has 0 bridgehead atoms. The van der Waals surface area contributed by atoms with Crippen molar-refractivity contribution in [3.05, 3.63) is 34.1 Å². The second kappa shape index (κ2) is 8.12. The Labute approximate surface area is 131 Å². The number of amides is 1. The molecule has 0 aliphatic rings. The summed E-state index contributed by atoms with van der Waals surface area (Å²) < 4.78 is 13.7. The van der Waals surface area contributed by atoms with Crippen LogP contribution in [0.1, 0.15) is 37.0 Å². The second-order valence-electron chi connectivity index (χ2n) is 5.43. The SMILES string of the molecule is CC(C)CC(CNC(=O)c1cc(F)ccc1Br)CC(=O)O. The summed E-state index contributed by atoms with van der Waals surface area (Å²) in [5, 5.41) is 11.6. The molecule has 0 saturated carbocycles. The van der Waals surface area contributed by atoms with E-state index in [2.05, 4.69) is 21.2 Å². The van der Waals surface area contributed by atoms with Crippen LogP contribution in [0.15, 0.2) is 22.7 Å². The molecule has 1 atom stereocenters. The number of nitrogens with one attached hydrogen (secondary N) is 1. The van der Waals surface area contributed by atoms with E-state index in [1.165, 1.54) is 12.1 Å². The highest BCUT2D eigenvalue weighted by molar-refractivity contribution is 9.10. The Morgan fingerprint density at radius 3 is 2.62 bits per heavy atom. The lowest BCUT2D eigenvalue weighted by molar-refractivity contribution is -0.138. The average molecular weight is 360 g/mol.